The van der Waals surface area contributed by atoms with Crippen LogP contribution in [0.4, 0.5) is 13.2 Å². The van der Waals surface area contributed by atoms with Crippen LogP contribution in [-0.2, 0) is 6.42 Å². The van der Waals surface area contributed by atoms with Crippen LogP contribution in [0, 0.1) is 0 Å². The van der Waals surface area contributed by atoms with E-state index in [1.54, 1.807) is 18.2 Å². The van der Waals surface area contributed by atoms with Crippen molar-refractivity contribution in [2.24, 2.45) is 0 Å². The average Bonchev–Trinajstić information content (AvgIpc) is 2.42. The van der Waals surface area contributed by atoms with Crippen molar-refractivity contribution < 1.29 is 18.3 Å². The van der Waals surface area contributed by atoms with Crippen LogP contribution >= 0.6 is 0 Å². The predicted molar refractivity (Wildman–Crippen MR) is 73.6 cm³/mol. The minimum Gasteiger partial charge on any atom is -0.379 e. The largest absolute Gasteiger partial charge is 0.418 e. The summed E-state index contributed by atoms with van der Waals surface area (Å²) in [7, 11) is 0. The van der Waals surface area contributed by atoms with Crippen LogP contribution in [-0.4, -0.2) is 11.3 Å². The Morgan fingerprint density at radius 1 is 1.15 bits per heavy atom. The van der Waals surface area contributed by atoms with Crippen molar-refractivity contribution in [1.82, 2.24) is 0 Å². The lowest BCUT2D eigenvalue weighted by Gasteiger charge is -2.17. The maximum absolute atomic E-state index is 12.7. The Hall–Kier alpha value is -1.55. The highest BCUT2D eigenvalue weighted by atomic mass is 19.4. The minimum absolute atomic E-state index is 0.0756. The van der Waals surface area contributed by atoms with Gasteiger partial charge in [0.25, 0.3) is 0 Å². The highest BCUT2D eigenvalue weighted by molar-refractivity contribution is 5.86. The lowest BCUT2D eigenvalue weighted by molar-refractivity contribution is -0.206. The van der Waals surface area contributed by atoms with Gasteiger partial charge in [-0.15, -0.1) is 0 Å². The molecule has 20 heavy (non-hydrogen) atoms. The molecule has 1 nitrogen and oxygen atoms in total. The third-order valence-corrected chi connectivity index (χ3v) is 3.40. The quantitative estimate of drug-likeness (QED) is 0.855. The second kappa shape index (κ2) is 5.83. The fourth-order valence-electron chi connectivity index (χ4n) is 2.30. The molecule has 108 valence electrons. The first kappa shape index (κ1) is 14.9. The number of benzene rings is 2. The molecular weight excluding hydrogens is 265 g/mol. The summed E-state index contributed by atoms with van der Waals surface area (Å²) < 4.78 is 38.1. The van der Waals surface area contributed by atoms with Crippen LogP contribution in [0.2, 0.25) is 0 Å². The summed E-state index contributed by atoms with van der Waals surface area (Å²) in [4.78, 5) is 0. The fourth-order valence-corrected chi connectivity index (χ4v) is 2.30. The number of alkyl halides is 3. The molecule has 0 radical (unpaired) electrons. The number of aryl methyl sites for hydroxylation is 1. The Bertz CT molecular complexity index is 590. The van der Waals surface area contributed by atoms with Crippen molar-refractivity contribution in [2.75, 3.05) is 0 Å². The maximum Gasteiger partial charge on any atom is 0.418 e. The van der Waals surface area contributed by atoms with Crippen molar-refractivity contribution in [3.05, 3.63) is 47.5 Å². The van der Waals surface area contributed by atoms with Crippen LogP contribution < -0.4 is 0 Å². The smallest absolute Gasteiger partial charge is 0.379 e. The summed E-state index contributed by atoms with van der Waals surface area (Å²) in [6.07, 6.45) is -4.22. The van der Waals surface area contributed by atoms with Crippen molar-refractivity contribution in [2.45, 2.75) is 38.5 Å². The van der Waals surface area contributed by atoms with Crippen molar-refractivity contribution in [1.29, 1.82) is 0 Å². The van der Waals surface area contributed by atoms with Gasteiger partial charge in [0.1, 0.15) is 0 Å². The van der Waals surface area contributed by atoms with Gasteiger partial charge in [-0.3, -0.25) is 0 Å². The highest BCUT2D eigenvalue weighted by Gasteiger charge is 2.40. The Labute approximate surface area is 116 Å². The van der Waals surface area contributed by atoms with Crippen LogP contribution in [0.15, 0.2) is 36.4 Å². The Kier molecular flexibility index (Phi) is 4.33. The number of unbranched alkanes of at least 4 members (excludes halogenated alkanes) is 1. The van der Waals surface area contributed by atoms with Crippen LogP contribution in [0.5, 0.6) is 0 Å². The second-order valence-electron chi connectivity index (χ2n) is 4.95. The van der Waals surface area contributed by atoms with Crippen LogP contribution in [0.25, 0.3) is 10.8 Å². The molecule has 0 saturated heterocycles. The Balaban J connectivity index is 2.48. The number of hydrogen-bond donors (Lipinski definition) is 1. The monoisotopic (exact) mass is 282 g/mol. The van der Waals surface area contributed by atoms with Crippen molar-refractivity contribution in [3.63, 3.8) is 0 Å². The summed E-state index contributed by atoms with van der Waals surface area (Å²) in [5.41, 5.74) is 0.925. The summed E-state index contributed by atoms with van der Waals surface area (Å²) in [5.74, 6) is 0. The molecule has 1 atom stereocenters. The van der Waals surface area contributed by atoms with Gasteiger partial charge in [-0.2, -0.15) is 13.2 Å². The lowest BCUT2D eigenvalue weighted by Crippen LogP contribution is -2.20. The van der Waals surface area contributed by atoms with E-state index >= 15 is 0 Å². The number of hydrogen-bond acceptors (Lipinski definition) is 1. The number of halogens is 3. The van der Waals surface area contributed by atoms with Gasteiger partial charge in [-0.05, 0) is 34.7 Å². The molecule has 1 N–H and O–H groups in total. The molecule has 0 heterocycles. The molecule has 0 aliphatic rings. The molecular formula is C16H17F3O. The van der Waals surface area contributed by atoms with Gasteiger partial charge in [0, 0.05) is 0 Å². The van der Waals surface area contributed by atoms with Gasteiger partial charge in [0.2, 0.25) is 0 Å². The van der Waals surface area contributed by atoms with E-state index in [-0.39, 0.29) is 5.56 Å². The molecule has 0 bridgehead atoms. The zero-order valence-electron chi connectivity index (χ0n) is 11.2. The van der Waals surface area contributed by atoms with Gasteiger partial charge >= 0.3 is 6.18 Å². The Morgan fingerprint density at radius 2 is 1.90 bits per heavy atom. The molecule has 1 unspecified atom stereocenters. The number of aliphatic hydroxyl groups is 1. The first-order valence-corrected chi connectivity index (χ1v) is 6.70. The zero-order valence-corrected chi connectivity index (χ0v) is 11.2. The molecule has 0 spiro atoms. The molecule has 2 aromatic rings. The molecule has 2 rings (SSSR count). The van der Waals surface area contributed by atoms with E-state index in [0.29, 0.717) is 10.8 Å². The third-order valence-electron chi connectivity index (χ3n) is 3.40. The maximum atomic E-state index is 12.7. The van der Waals surface area contributed by atoms with Crippen LogP contribution in [0.3, 0.4) is 0 Å². The van der Waals surface area contributed by atoms with E-state index < -0.39 is 12.3 Å². The molecule has 0 fully saturated rings. The molecule has 2 aromatic carbocycles. The predicted octanol–water partition coefficient (Wildman–Crippen LogP) is 4.78. The summed E-state index contributed by atoms with van der Waals surface area (Å²) in [6, 6.07) is 10.1. The van der Waals surface area contributed by atoms with E-state index in [0.717, 1.165) is 24.8 Å². The Morgan fingerprint density at radius 3 is 2.55 bits per heavy atom. The van der Waals surface area contributed by atoms with Crippen LogP contribution in [0.1, 0.15) is 37.0 Å². The normalized spacial score (nSPS) is 13.7. The van der Waals surface area contributed by atoms with Crippen molar-refractivity contribution >= 4 is 10.8 Å². The van der Waals surface area contributed by atoms with Gasteiger partial charge in [-0.25, -0.2) is 0 Å². The van der Waals surface area contributed by atoms with Gasteiger partial charge in [-0.1, -0.05) is 49.7 Å². The summed E-state index contributed by atoms with van der Waals surface area (Å²) >= 11 is 0. The third kappa shape index (κ3) is 3.12. The molecule has 0 aromatic heterocycles. The zero-order chi connectivity index (χ0) is 14.8. The number of aliphatic hydroxyl groups excluding tert-OH is 1. The molecule has 0 amide bonds. The van der Waals surface area contributed by atoms with E-state index in [1.807, 2.05) is 12.1 Å². The molecule has 0 saturated carbocycles. The second-order valence-corrected chi connectivity index (χ2v) is 4.95. The number of rotatable bonds is 4. The topological polar surface area (TPSA) is 20.2 Å². The first-order chi connectivity index (χ1) is 9.43. The fraction of sp³-hybridized carbons (Fsp3) is 0.375. The minimum atomic E-state index is -4.65. The van der Waals surface area contributed by atoms with E-state index in [1.165, 1.54) is 6.07 Å². The first-order valence-electron chi connectivity index (χ1n) is 6.70. The van der Waals surface area contributed by atoms with Gasteiger partial charge in [0.05, 0.1) is 0 Å². The molecule has 0 aliphatic heterocycles. The SMILES string of the molecule is CCCCc1ccc2cccc(C(O)C(F)(F)F)c2c1. The van der Waals surface area contributed by atoms with Crippen molar-refractivity contribution in [3.8, 4) is 0 Å². The van der Waals surface area contributed by atoms with Gasteiger partial charge < -0.3 is 5.11 Å². The average molecular weight is 282 g/mol. The van der Waals surface area contributed by atoms with E-state index in [2.05, 4.69) is 6.92 Å². The molecule has 0 aliphatic carbocycles. The standard InChI is InChI=1S/C16H17F3O/c1-2-3-5-11-8-9-12-6-4-7-13(14(12)10-11)15(20)16(17,18)19/h4,6-10,15,20H,2-3,5H2,1H3. The lowest BCUT2D eigenvalue weighted by atomic mass is 9.96. The summed E-state index contributed by atoms with van der Waals surface area (Å²) in [5, 5.41) is 10.7. The molecule has 4 heteroatoms. The number of fused-ring (bicyclic) bond motifs is 1. The van der Waals surface area contributed by atoms with E-state index in [9.17, 15) is 18.3 Å². The van der Waals surface area contributed by atoms with E-state index in [4.69, 9.17) is 0 Å². The van der Waals surface area contributed by atoms with Gasteiger partial charge in [0.15, 0.2) is 6.10 Å². The summed E-state index contributed by atoms with van der Waals surface area (Å²) in [6.45, 7) is 2.07. The highest BCUT2D eigenvalue weighted by Crippen LogP contribution is 2.36.